The maximum atomic E-state index is 4.32. The molecule has 3 aromatic heterocycles. The molecule has 0 radical (unpaired) electrons. The Bertz CT molecular complexity index is 729. The third-order valence-corrected chi connectivity index (χ3v) is 4.24. The molecule has 0 unspecified atom stereocenters. The predicted octanol–water partition coefficient (Wildman–Crippen LogP) is 2.78. The zero-order chi connectivity index (χ0) is 14.1. The molecule has 0 aliphatic heterocycles. The number of hydrogen-bond donors (Lipinski definition) is 1. The van der Waals surface area contributed by atoms with Crippen molar-refractivity contribution in [2.24, 2.45) is 0 Å². The van der Waals surface area contributed by atoms with E-state index in [1.165, 1.54) is 5.56 Å². The molecule has 0 aliphatic rings. The molecule has 3 aromatic rings. The van der Waals surface area contributed by atoms with Gasteiger partial charge in [-0.05, 0) is 31.7 Å². The Kier molecular flexibility index (Phi) is 3.35. The molecule has 3 heterocycles. The maximum absolute atomic E-state index is 4.32. The number of anilines is 1. The second kappa shape index (κ2) is 5.16. The lowest BCUT2D eigenvalue weighted by Gasteiger charge is -2.11. The number of thiophene rings is 1. The second-order valence-corrected chi connectivity index (χ2v) is 5.80. The van der Waals surface area contributed by atoms with Gasteiger partial charge in [0.15, 0.2) is 5.82 Å². The Labute approximate surface area is 120 Å². The quantitative estimate of drug-likeness (QED) is 0.799. The maximum Gasteiger partial charge on any atom is 0.152 e. The summed E-state index contributed by atoms with van der Waals surface area (Å²) < 4.78 is 3.13. The number of rotatable bonds is 4. The van der Waals surface area contributed by atoms with Gasteiger partial charge >= 0.3 is 0 Å². The van der Waals surface area contributed by atoms with Crippen molar-refractivity contribution in [2.45, 2.75) is 33.4 Å². The molecule has 0 aliphatic carbocycles. The predicted molar refractivity (Wildman–Crippen MR) is 79.9 cm³/mol. The normalized spacial score (nSPS) is 11.4. The molecule has 0 spiro atoms. The first-order chi connectivity index (χ1) is 9.66. The highest BCUT2D eigenvalue weighted by atomic mass is 32.1. The third kappa shape index (κ3) is 2.24. The average Bonchev–Trinajstić information content (AvgIpc) is 3.04. The number of fused-ring (bicyclic) bond motifs is 1. The van der Waals surface area contributed by atoms with Gasteiger partial charge in [-0.1, -0.05) is 0 Å². The van der Waals surface area contributed by atoms with E-state index in [1.54, 1.807) is 24.0 Å². The minimum absolute atomic E-state index is 0.344. The van der Waals surface area contributed by atoms with Crippen molar-refractivity contribution in [2.75, 3.05) is 5.32 Å². The molecule has 0 fully saturated rings. The Morgan fingerprint density at radius 3 is 3.00 bits per heavy atom. The molecule has 7 heteroatoms. The summed E-state index contributed by atoms with van der Waals surface area (Å²) in [7, 11) is 0. The molecule has 1 N–H and O–H groups in total. The monoisotopic (exact) mass is 288 g/mol. The molecule has 0 aromatic carbocycles. The smallest absolute Gasteiger partial charge is 0.152 e. The lowest BCUT2D eigenvalue weighted by molar-refractivity contribution is 0.572. The largest absolute Gasteiger partial charge is 0.361 e. The van der Waals surface area contributed by atoms with Crippen LogP contribution in [0.1, 0.15) is 31.3 Å². The first-order valence-electron chi connectivity index (χ1n) is 6.48. The van der Waals surface area contributed by atoms with Gasteiger partial charge in [-0.3, -0.25) is 0 Å². The fourth-order valence-electron chi connectivity index (χ4n) is 2.08. The summed E-state index contributed by atoms with van der Waals surface area (Å²) in [6.07, 6.45) is 3.35. The zero-order valence-corrected chi connectivity index (χ0v) is 12.5. The van der Waals surface area contributed by atoms with Gasteiger partial charge in [0.2, 0.25) is 0 Å². The highest BCUT2D eigenvalue weighted by Gasteiger charge is 2.10. The first kappa shape index (κ1) is 13.0. The standard InChI is InChI=1S/C13H16N6S/c1-8(2)19-7-17-18-10(19)4-14-13-12-11(15-6-16-13)9(3)5-20-12/h5-8H,4H2,1-3H3,(H,14,15,16). The van der Waals surface area contributed by atoms with Crippen LogP contribution in [-0.4, -0.2) is 24.7 Å². The van der Waals surface area contributed by atoms with Crippen LogP contribution in [0.4, 0.5) is 5.82 Å². The van der Waals surface area contributed by atoms with Gasteiger partial charge in [-0.15, -0.1) is 21.5 Å². The van der Waals surface area contributed by atoms with Crippen LogP contribution in [0.15, 0.2) is 18.0 Å². The highest BCUT2D eigenvalue weighted by molar-refractivity contribution is 7.18. The van der Waals surface area contributed by atoms with Crippen molar-refractivity contribution < 1.29 is 0 Å². The Morgan fingerprint density at radius 1 is 1.35 bits per heavy atom. The highest BCUT2D eigenvalue weighted by Crippen LogP contribution is 2.28. The SMILES string of the molecule is Cc1csc2c(NCc3nncn3C(C)C)ncnc12. The van der Waals surface area contributed by atoms with Crippen LogP contribution < -0.4 is 5.32 Å². The molecule has 20 heavy (non-hydrogen) atoms. The van der Waals surface area contributed by atoms with Crippen molar-refractivity contribution in [1.82, 2.24) is 24.7 Å². The third-order valence-electron chi connectivity index (χ3n) is 3.15. The van der Waals surface area contributed by atoms with E-state index in [1.807, 2.05) is 4.57 Å². The summed E-state index contributed by atoms with van der Waals surface area (Å²) in [6.45, 7) is 6.88. The van der Waals surface area contributed by atoms with Crippen molar-refractivity contribution in [1.29, 1.82) is 0 Å². The molecule has 104 valence electrons. The molecule has 0 bridgehead atoms. The molecule has 0 atom stereocenters. The minimum atomic E-state index is 0.344. The van der Waals surface area contributed by atoms with Crippen LogP contribution in [0, 0.1) is 6.92 Å². The van der Waals surface area contributed by atoms with E-state index in [2.05, 4.69) is 51.6 Å². The topological polar surface area (TPSA) is 68.5 Å². The van der Waals surface area contributed by atoms with Gasteiger partial charge < -0.3 is 9.88 Å². The summed E-state index contributed by atoms with van der Waals surface area (Å²) in [5.41, 5.74) is 2.19. The molecular weight excluding hydrogens is 272 g/mol. The average molecular weight is 288 g/mol. The Hall–Kier alpha value is -2.02. The van der Waals surface area contributed by atoms with Crippen LogP contribution in [0.2, 0.25) is 0 Å². The number of nitrogens with zero attached hydrogens (tertiary/aromatic N) is 5. The molecule has 0 amide bonds. The summed E-state index contributed by atoms with van der Waals surface area (Å²) in [4.78, 5) is 8.64. The summed E-state index contributed by atoms with van der Waals surface area (Å²) in [5.74, 6) is 1.76. The molecule has 0 saturated carbocycles. The van der Waals surface area contributed by atoms with Crippen LogP contribution in [0.3, 0.4) is 0 Å². The number of aromatic nitrogens is 5. The van der Waals surface area contributed by atoms with Gasteiger partial charge in [-0.25, -0.2) is 9.97 Å². The van der Waals surface area contributed by atoms with Crippen LogP contribution in [0.5, 0.6) is 0 Å². The first-order valence-corrected chi connectivity index (χ1v) is 7.36. The van der Waals surface area contributed by atoms with Crippen molar-refractivity contribution in [3.05, 3.63) is 29.4 Å². The number of hydrogen-bond acceptors (Lipinski definition) is 6. The van der Waals surface area contributed by atoms with E-state index < -0.39 is 0 Å². The van der Waals surface area contributed by atoms with Crippen molar-refractivity contribution in [3.63, 3.8) is 0 Å². The van der Waals surface area contributed by atoms with E-state index in [0.717, 1.165) is 21.9 Å². The summed E-state index contributed by atoms with van der Waals surface area (Å²) in [5, 5.41) is 13.5. The van der Waals surface area contributed by atoms with Gasteiger partial charge in [0.1, 0.15) is 18.5 Å². The molecule has 6 nitrogen and oxygen atoms in total. The van der Waals surface area contributed by atoms with E-state index >= 15 is 0 Å². The van der Waals surface area contributed by atoms with Crippen LogP contribution >= 0.6 is 11.3 Å². The summed E-state index contributed by atoms with van der Waals surface area (Å²) in [6, 6.07) is 0.344. The van der Waals surface area contributed by atoms with Crippen LogP contribution in [-0.2, 0) is 6.54 Å². The van der Waals surface area contributed by atoms with Gasteiger partial charge in [-0.2, -0.15) is 0 Å². The lowest BCUT2D eigenvalue weighted by atomic mass is 10.3. The number of nitrogens with one attached hydrogen (secondary N) is 1. The van der Waals surface area contributed by atoms with E-state index in [0.29, 0.717) is 12.6 Å². The van der Waals surface area contributed by atoms with Gasteiger partial charge in [0.05, 0.1) is 16.8 Å². The summed E-state index contributed by atoms with van der Waals surface area (Å²) >= 11 is 1.66. The fraction of sp³-hybridized carbons (Fsp3) is 0.385. The minimum Gasteiger partial charge on any atom is -0.361 e. The second-order valence-electron chi connectivity index (χ2n) is 4.92. The lowest BCUT2D eigenvalue weighted by Crippen LogP contribution is -2.10. The van der Waals surface area contributed by atoms with E-state index in [-0.39, 0.29) is 0 Å². The Morgan fingerprint density at radius 2 is 2.20 bits per heavy atom. The van der Waals surface area contributed by atoms with Crippen molar-refractivity contribution >= 4 is 27.4 Å². The van der Waals surface area contributed by atoms with E-state index in [9.17, 15) is 0 Å². The number of aryl methyl sites for hydroxylation is 1. The Balaban J connectivity index is 1.85. The van der Waals surface area contributed by atoms with Gasteiger partial charge in [0, 0.05) is 6.04 Å². The van der Waals surface area contributed by atoms with Crippen molar-refractivity contribution in [3.8, 4) is 0 Å². The van der Waals surface area contributed by atoms with Crippen LogP contribution in [0.25, 0.3) is 10.2 Å². The van der Waals surface area contributed by atoms with Gasteiger partial charge in [0.25, 0.3) is 0 Å². The fourth-order valence-corrected chi connectivity index (χ4v) is 3.05. The molecule has 3 rings (SSSR count). The zero-order valence-electron chi connectivity index (χ0n) is 11.7. The molecule has 0 saturated heterocycles. The van der Waals surface area contributed by atoms with E-state index in [4.69, 9.17) is 0 Å². The molecular formula is C13H16N6S.